The molecule has 3 nitrogen and oxygen atoms in total. The molecule has 17 heavy (non-hydrogen) atoms. The summed E-state index contributed by atoms with van der Waals surface area (Å²) in [7, 11) is 1.37. The second-order valence-corrected chi connectivity index (χ2v) is 4.91. The van der Waals surface area contributed by atoms with E-state index in [1.165, 1.54) is 7.11 Å². The number of methoxy groups -OCH3 is 1. The molecule has 1 aliphatic carbocycles. The minimum Gasteiger partial charge on any atom is -0.468 e. The van der Waals surface area contributed by atoms with Gasteiger partial charge in [0.25, 0.3) is 0 Å². The van der Waals surface area contributed by atoms with Gasteiger partial charge in [0, 0.05) is 16.1 Å². The lowest BCUT2D eigenvalue weighted by atomic mass is 10.1. The summed E-state index contributed by atoms with van der Waals surface area (Å²) in [5.74, 6) is -0.332. The Bertz CT molecular complexity index is 433. The van der Waals surface area contributed by atoms with Crippen LogP contribution in [0.15, 0.2) is 18.2 Å². The summed E-state index contributed by atoms with van der Waals surface area (Å²) in [5, 5.41) is 4.24. The van der Waals surface area contributed by atoms with Crippen LogP contribution in [-0.4, -0.2) is 19.1 Å². The molecule has 1 fully saturated rings. The molecule has 92 valence electrons. The largest absolute Gasteiger partial charge is 0.468 e. The molecule has 0 bridgehead atoms. The van der Waals surface area contributed by atoms with Gasteiger partial charge in [0.05, 0.1) is 7.11 Å². The van der Waals surface area contributed by atoms with Crippen LogP contribution in [0.2, 0.25) is 10.0 Å². The van der Waals surface area contributed by atoms with Crippen molar-refractivity contribution in [1.82, 2.24) is 5.32 Å². The minimum absolute atomic E-state index is 0.332. The van der Waals surface area contributed by atoms with Crippen LogP contribution >= 0.6 is 23.2 Å². The van der Waals surface area contributed by atoms with E-state index in [2.05, 4.69) is 5.32 Å². The number of hydrogen-bond acceptors (Lipinski definition) is 3. The number of carbonyl (C=O) groups excluding carboxylic acids is 1. The van der Waals surface area contributed by atoms with Gasteiger partial charge in [0.1, 0.15) is 6.04 Å². The summed E-state index contributed by atoms with van der Waals surface area (Å²) >= 11 is 11.9. The molecule has 1 aromatic rings. The van der Waals surface area contributed by atoms with Crippen molar-refractivity contribution in [1.29, 1.82) is 0 Å². The van der Waals surface area contributed by atoms with Gasteiger partial charge in [-0.3, -0.25) is 5.32 Å². The molecule has 1 atom stereocenters. The van der Waals surface area contributed by atoms with E-state index < -0.39 is 6.04 Å². The molecule has 5 heteroatoms. The molecule has 0 heterocycles. The summed E-state index contributed by atoms with van der Waals surface area (Å²) in [4.78, 5) is 11.7. The van der Waals surface area contributed by atoms with Gasteiger partial charge in [-0.15, -0.1) is 0 Å². The van der Waals surface area contributed by atoms with Crippen molar-refractivity contribution in [2.24, 2.45) is 0 Å². The number of benzene rings is 1. The highest BCUT2D eigenvalue weighted by Gasteiger charge is 2.31. The first-order valence-electron chi connectivity index (χ1n) is 5.40. The third kappa shape index (κ3) is 3.12. The molecule has 0 aliphatic heterocycles. The summed E-state index contributed by atoms with van der Waals surface area (Å²) in [6, 6.07) is 4.96. The quantitative estimate of drug-likeness (QED) is 0.858. The lowest BCUT2D eigenvalue weighted by molar-refractivity contribution is -0.143. The van der Waals surface area contributed by atoms with E-state index in [1.807, 2.05) is 0 Å². The van der Waals surface area contributed by atoms with Crippen molar-refractivity contribution in [2.45, 2.75) is 24.9 Å². The number of nitrogens with one attached hydrogen (secondary N) is 1. The summed E-state index contributed by atoms with van der Waals surface area (Å²) in [6.45, 7) is 0. The van der Waals surface area contributed by atoms with E-state index in [-0.39, 0.29) is 5.97 Å². The van der Waals surface area contributed by atoms with Crippen molar-refractivity contribution >= 4 is 29.2 Å². The van der Waals surface area contributed by atoms with Crippen LogP contribution in [0, 0.1) is 0 Å². The highest BCUT2D eigenvalue weighted by molar-refractivity contribution is 6.35. The number of esters is 1. The first-order chi connectivity index (χ1) is 8.11. The average molecular weight is 274 g/mol. The van der Waals surface area contributed by atoms with Gasteiger partial charge >= 0.3 is 5.97 Å². The Balaban J connectivity index is 2.26. The van der Waals surface area contributed by atoms with Crippen molar-refractivity contribution in [3.8, 4) is 0 Å². The van der Waals surface area contributed by atoms with Gasteiger partial charge in [-0.05, 0) is 30.5 Å². The minimum atomic E-state index is -0.516. The molecule has 0 spiro atoms. The van der Waals surface area contributed by atoms with Crippen LogP contribution in [0.1, 0.15) is 24.4 Å². The summed E-state index contributed by atoms with van der Waals surface area (Å²) in [5.41, 5.74) is 0.704. The Morgan fingerprint density at radius 1 is 1.47 bits per heavy atom. The van der Waals surface area contributed by atoms with E-state index in [1.54, 1.807) is 18.2 Å². The van der Waals surface area contributed by atoms with Crippen LogP contribution < -0.4 is 5.32 Å². The Hall–Kier alpha value is -0.770. The maximum atomic E-state index is 11.7. The number of halogens is 2. The Kier molecular flexibility index (Phi) is 3.92. The molecule has 2 rings (SSSR count). The van der Waals surface area contributed by atoms with Crippen molar-refractivity contribution in [3.05, 3.63) is 33.8 Å². The van der Waals surface area contributed by atoms with E-state index in [0.29, 0.717) is 21.7 Å². The molecule has 0 radical (unpaired) electrons. The van der Waals surface area contributed by atoms with Gasteiger partial charge in [-0.1, -0.05) is 29.3 Å². The van der Waals surface area contributed by atoms with Gasteiger partial charge in [0.15, 0.2) is 0 Å². The van der Waals surface area contributed by atoms with Crippen molar-refractivity contribution in [3.63, 3.8) is 0 Å². The highest BCUT2D eigenvalue weighted by Crippen LogP contribution is 2.30. The highest BCUT2D eigenvalue weighted by atomic mass is 35.5. The van der Waals surface area contributed by atoms with Gasteiger partial charge in [0.2, 0.25) is 0 Å². The zero-order chi connectivity index (χ0) is 12.4. The van der Waals surface area contributed by atoms with Crippen LogP contribution in [0.4, 0.5) is 0 Å². The second kappa shape index (κ2) is 5.25. The maximum Gasteiger partial charge on any atom is 0.327 e. The fourth-order valence-corrected chi connectivity index (χ4v) is 2.14. The zero-order valence-electron chi connectivity index (χ0n) is 9.37. The van der Waals surface area contributed by atoms with Crippen LogP contribution in [-0.2, 0) is 9.53 Å². The number of hydrogen-bond donors (Lipinski definition) is 1. The molecule has 0 aromatic heterocycles. The summed E-state index contributed by atoms with van der Waals surface area (Å²) in [6.07, 6.45) is 2.16. The first kappa shape index (κ1) is 12.7. The number of ether oxygens (including phenoxy) is 1. The van der Waals surface area contributed by atoms with Gasteiger partial charge < -0.3 is 4.74 Å². The number of carbonyl (C=O) groups is 1. The molecule has 1 aliphatic rings. The van der Waals surface area contributed by atoms with Crippen LogP contribution in [0.25, 0.3) is 0 Å². The van der Waals surface area contributed by atoms with Crippen LogP contribution in [0.3, 0.4) is 0 Å². The Morgan fingerprint density at radius 2 is 2.18 bits per heavy atom. The lowest BCUT2D eigenvalue weighted by Gasteiger charge is -2.17. The molecule has 1 unspecified atom stereocenters. The Morgan fingerprint density at radius 3 is 2.71 bits per heavy atom. The normalized spacial score (nSPS) is 16.6. The molecule has 1 N–H and O–H groups in total. The molecular formula is C12H13Cl2NO2. The molecule has 0 amide bonds. The maximum absolute atomic E-state index is 11.7. The smallest absolute Gasteiger partial charge is 0.327 e. The molecular weight excluding hydrogens is 261 g/mol. The summed E-state index contributed by atoms with van der Waals surface area (Å²) < 4.78 is 4.79. The van der Waals surface area contributed by atoms with Crippen molar-refractivity contribution < 1.29 is 9.53 Å². The average Bonchev–Trinajstić information content (AvgIpc) is 3.10. The van der Waals surface area contributed by atoms with Gasteiger partial charge in [-0.25, -0.2) is 4.79 Å². The third-order valence-corrected chi connectivity index (χ3v) is 3.25. The molecule has 1 aromatic carbocycles. The second-order valence-electron chi connectivity index (χ2n) is 4.06. The standard InChI is InChI=1S/C12H13Cl2NO2/c1-17-12(16)11(15-8-3-4-8)9-5-2-7(13)6-10(9)14/h2,5-6,8,11,15H,3-4H2,1H3. The predicted octanol–water partition coefficient (Wildman–Crippen LogP) is 2.96. The fraction of sp³-hybridized carbons (Fsp3) is 0.417. The van der Waals surface area contributed by atoms with E-state index in [9.17, 15) is 4.79 Å². The van der Waals surface area contributed by atoms with Crippen LogP contribution in [0.5, 0.6) is 0 Å². The van der Waals surface area contributed by atoms with E-state index in [4.69, 9.17) is 27.9 Å². The topological polar surface area (TPSA) is 38.3 Å². The van der Waals surface area contributed by atoms with E-state index in [0.717, 1.165) is 12.8 Å². The third-order valence-electron chi connectivity index (χ3n) is 2.69. The fourth-order valence-electron chi connectivity index (χ4n) is 1.62. The van der Waals surface area contributed by atoms with E-state index >= 15 is 0 Å². The predicted molar refractivity (Wildman–Crippen MR) is 67.4 cm³/mol. The lowest BCUT2D eigenvalue weighted by Crippen LogP contribution is -2.31. The first-order valence-corrected chi connectivity index (χ1v) is 6.16. The van der Waals surface area contributed by atoms with Crippen molar-refractivity contribution in [2.75, 3.05) is 7.11 Å². The zero-order valence-corrected chi connectivity index (χ0v) is 10.9. The number of rotatable bonds is 4. The SMILES string of the molecule is COC(=O)C(NC1CC1)c1ccc(Cl)cc1Cl. The Labute approximate surface area is 110 Å². The van der Waals surface area contributed by atoms with Gasteiger partial charge in [-0.2, -0.15) is 0 Å². The molecule has 1 saturated carbocycles. The monoisotopic (exact) mass is 273 g/mol. The molecule has 0 saturated heterocycles.